The molecule has 4 aromatic rings. The number of carbonyl (C=O) groups is 1. The molecule has 2 aromatic carbocycles. The Morgan fingerprint density at radius 3 is 2.67 bits per heavy atom. The minimum atomic E-state index is -0.0908. The van der Waals surface area contributed by atoms with Gasteiger partial charge in [0, 0.05) is 11.4 Å². The van der Waals surface area contributed by atoms with Gasteiger partial charge in [-0.3, -0.25) is 4.79 Å². The number of aromatic nitrogens is 2. The summed E-state index contributed by atoms with van der Waals surface area (Å²) >= 11 is 5.97. The zero-order chi connectivity index (χ0) is 18.6. The highest BCUT2D eigenvalue weighted by Crippen LogP contribution is 2.19. The van der Waals surface area contributed by atoms with Crippen LogP contribution in [0.25, 0.3) is 11.0 Å². The Hall–Kier alpha value is -3.05. The van der Waals surface area contributed by atoms with Crippen LogP contribution in [0.15, 0.2) is 71.3 Å². The molecule has 0 aliphatic rings. The van der Waals surface area contributed by atoms with E-state index in [0.717, 1.165) is 28.2 Å². The van der Waals surface area contributed by atoms with Gasteiger partial charge in [-0.15, -0.1) is 0 Å². The Morgan fingerprint density at radius 1 is 1.07 bits per heavy atom. The monoisotopic (exact) mass is 379 g/mol. The molecule has 0 fully saturated rings. The first kappa shape index (κ1) is 17.4. The Balaban J connectivity index is 1.57. The SMILES string of the molecule is O=C(Cn1c(Cc2ccc(Cl)cc2)nc2ccccc21)NCc1ccco1. The van der Waals surface area contributed by atoms with Crippen LogP contribution in [0.3, 0.4) is 0 Å². The van der Waals surface area contributed by atoms with Crippen molar-refractivity contribution in [3.63, 3.8) is 0 Å². The van der Waals surface area contributed by atoms with Gasteiger partial charge in [0.05, 0.1) is 23.8 Å². The quantitative estimate of drug-likeness (QED) is 0.546. The zero-order valence-electron chi connectivity index (χ0n) is 14.6. The number of para-hydroxylation sites is 2. The highest BCUT2D eigenvalue weighted by molar-refractivity contribution is 6.30. The van der Waals surface area contributed by atoms with Gasteiger partial charge in [0.2, 0.25) is 5.91 Å². The molecule has 0 spiro atoms. The lowest BCUT2D eigenvalue weighted by molar-refractivity contribution is -0.121. The van der Waals surface area contributed by atoms with Gasteiger partial charge >= 0.3 is 0 Å². The fourth-order valence-corrected chi connectivity index (χ4v) is 3.15. The molecule has 2 heterocycles. The normalized spacial score (nSPS) is 11.0. The van der Waals surface area contributed by atoms with Gasteiger partial charge in [-0.25, -0.2) is 4.98 Å². The molecule has 136 valence electrons. The molecule has 2 aromatic heterocycles. The van der Waals surface area contributed by atoms with E-state index in [-0.39, 0.29) is 12.5 Å². The summed E-state index contributed by atoms with van der Waals surface area (Å²) in [6.45, 7) is 0.565. The predicted octanol–water partition coefficient (Wildman–Crippen LogP) is 4.19. The lowest BCUT2D eigenvalue weighted by atomic mass is 10.1. The molecule has 6 heteroatoms. The third kappa shape index (κ3) is 4.04. The second-order valence-corrected chi connectivity index (χ2v) is 6.70. The van der Waals surface area contributed by atoms with Crippen LogP contribution >= 0.6 is 11.6 Å². The van der Waals surface area contributed by atoms with Crippen molar-refractivity contribution in [3.8, 4) is 0 Å². The number of furan rings is 1. The van der Waals surface area contributed by atoms with Crippen LogP contribution in [0.2, 0.25) is 5.02 Å². The van der Waals surface area contributed by atoms with Gasteiger partial charge in [-0.2, -0.15) is 0 Å². The average molecular weight is 380 g/mol. The van der Waals surface area contributed by atoms with Crippen molar-refractivity contribution in [2.75, 3.05) is 0 Å². The largest absolute Gasteiger partial charge is 0.467 e. The van der Waals surface area contributed by atoms with E-state index in [4.69, 9.17) is 21.0 Å². The number of nitrogens with zero attached hydrogens (tertiary/aromatic N) is 2. The lowest BCUT2D eigenvalue weighted by Crippen LogP contribution is -2.27. The molecule has 0 aliphatic carbocycles. The van der Waals surface area contributed by atoms with Crippen molar-refractivity contribution in [1.29, 1.82) is 0 Å². The predicted molar refractivity (Wildman–Crippen MR) is 105 cm³/mol. The van der Waals surface area contributed by atoms with Gasteiger partial charge in [0.1, 0.15) is 18.1 Å². The maximum absolute atomic E-state index is 12.5. The standard InChI is InChI=1S/C21H18ClN3O2/c22-16-9-7-15(8-10-16)12-20-24-18-5-1-2-6-19(18)25(20)14-21(26)23-13-17-4-3-11-27-17/h1-11H,12-14H2,(H,23,26). The number of nitrogens with one attached hydrogen (secondary N) is 1. The van der Waals surface area contributed by atoms with Crippen LogP contribution < -0.4 is 5.32 Å². The van der Waals surface area contributed by atoms with Gasteiger partial charge in [0.15, 0.2) is 0 Å². The molecule has 0 saturated carbocycles. The summed E-state index contributed by atoms with van der Waals surface area (Å²) in [7, 11) is 0. The highest BCUT2D eigenvalue weighted by atomic mass is 35.5. The van der Waals surface area contributed by atoms with Gasteiger partial charge in [-0.05, 0) is 42.0 Å². The lowest BCUT2D eigenvalue weighted by Gasteiger charge is -2.10. The highest BCUT2D eigenvalue weighted by Gasteiger charge is 2.14. The number of halogens is 1. The van der Waals surface area contributed by atoms with Crippen LogP contribution in [-0.4, -0.2) is 15.5 Å². The van der Waals surface area contributed by atoms with Crippen LogP contribution in [0, 0.1) is 0 Å². The number of fused-ring (bicyclic) bond motifs is 1. The first-order chi connectivity index (χ1) is 13.2. The number of amides is 1. The Labute approximate surface area is 161 Å². The van der Waals surface area contributed by atoms with Gasteiger partial charge in [-0.1, -0.05) is 35.9 Å². The van der Waals surface area contributed by atoms with E-state index in [2.05, 4.69) is 5.32 Å². The van der Waals surface area contributed by atoms with E-state index >= 15 is 0 Å². The van der Waals surface area contributed by atoms with Crippen molar-refractivity contribution >= 4 is 28.5 Å². The Morgan fingerprint density at radius 2 is 1.89 bits per heavy atom. The van der Waals surface area contributed by atoms with E-state index in [1.807, 2.05) is 59.2 Å². The van der Waals surface area contributed by atoms with E-state index in [1.54, 1.807) is 12.3 Å². The van der Waals surface area contributed by atoms with Crippen LogP contribution in [0.5, 0.6) is 0 Å². The first-order valence-electron chi connectivity index (χ1n) is 8.67. The van der Waals surface area contributed by atoms with Crippen molar-refractivity contribution in [1.82, 2.24) is 14.9 Å². The minimum Gasteiger partial charge on any atom is -0.467 e. The molecule has 1 amide bonds. The van der Waals surface area contributed by atoms with E-state index in [1.165, 1.54) is 0 Å². The maximum atomic E-state index is 12.5. The van der Waals surface area contributed by atoms with E-state index in [9.17, 15) is 4.79 Å². The summed E-state index contributed by atoms with van der Waals surface area (Å²) < 4.78 is 7.22. The zero-order valence-corrected chi connectivity index (χ0v) is 15.3. The van der Waals surface area contributed by atoms with Crippen molar-refractivity contribution in [2.24, 2.45) is 0 Å². The van der Waals surface area contributed by atoms with E-state index < -0.39 is 0 Å². The van der Waals surface area contributed by atoms with E-state index in [0.29, 0.717) is 18.0 Å². The molecule has 1 N–H and O–H groups in total. The van der Waals surface area contributed by atoms with Gasteiger partial charge in [0.25, 0.3) is 0 Å². The molecular formula is C21H18ClN3O2. The fourth-order valence-electron chi connectivity index (χ4n) is 3.02. The van der Waals surface area contributed by atoms with Crippen LogP contribution in [0.1, 0.15) is 17.1 Å². The summed E-state index contributed by atoms with van der Waals surface area (Å²) in [6, 6.07) is 19.1. The van der Waals surface area contributed by atoms with Crippen LogP contribution in [0.4, 0.5) is 0 Å². The van der Waals surface area contributed by atoms with Crippen molar-refractivity contribution < 1.29 is 9.21 Å². The molecule has 5 nitrogen and oxygen atoms in total. The second-order valence-electron chi connectivity index (χ2n) is 6.26. The third-order valence-electron chi connectivity index (χ3n) is 4.35. The Kier molecular flexibility index (Phi) is 4.94. The summed E-state index contributed by atoms with van der Waals surface area (Å²) in [5.41, 5.74) is 2.90. The molecule has 0 saturated heterocycles. The summed E-state index contributed by atoms with van der Waals surface area (Å²) in [6.07, 6.45) is 2.21. The molecule has 27 heavy (non-hydrogen) atoms. The molecule has 0 aliphatic heterocycles. The van der Waals surface area contributed by atoms with Crippen molar-refractivity contribution in [3.05, 3.63) is 89.1 Å². The smallest absolute Gasteiger partial charge is 0.240 e. The second kappa shape index (κ2) is 7.68. The Bertz CT molecular complexity index is 1050. The molecule has 0 atom stereocenters. The summed E-state index contributed by atoms with van der Waals surface area (Å²) in [4.78, 5) is 17.2. The number of carbonyl (C=O) groups excluding carboxylic acids is 1. The molecule has 0 radical (unpaired) electrons. The number of rotatable bonds is 6. The maximum Gasteiger partial charge on any atom is 0.240 e. The molecule has 4 rings (SSSR count). The topological polar surface area (TPSA) is 60.1 Å². The minimum absolute atomic E-state index is 0.0908. The number of imidazole rings is 1. The summed E-state index contributed by atoms with van der Waals surface area (Å²) in [5, 5.41) is 3.59. The van der Waals surface area contributed by atoms with Crippen molar-refractivity contribution in [2.45, 2.75) is 19.5 Å². The molecular weight excluding hydrogens is 362 g/mol. The fraction of sp³-hybridized carbons (Fsp3) is 0.143. The summed E-state index contributed by atoms with van der Waals surface area (Å²) in [5.74, 6) is 1.47. The first-order valence-corrected chi connectivity index (χ1v) is 9.04. The van der Waals surface area contributed by atoms with Crippen LogP contribution in [-0.2, 0) is 24.3 Å². The number of hydrogen-bond acceptors (Lipinski definition) is 3. The number of benzene rings is 2. The average Bonchev–Trinajstić information content (AvgIpc) is 3.31. The third-order valence-corrected chi connectivity index (χ3v) is 4.60. The van der Waals surface area contributed by atoms with Gasteiger partial charge < -0.3 is 14.3 Å². The molecule has 0 unspecified atom stereocenters. The molecule has 0 bridgehead atoms. The number of hydrogen-bond donors (Lipinski definition) is 1.